The van der Waals surface area contributed by atoms with E-state index in [4.69, 9.17) is 4.98 Å². The lowest BCUT2D eigenvalue weighted by atomic mass is 10.1. The van der Waals surface area contributed by atoms with Crippen LogP contribution in [0.1, 0.15) is 35.1 Å². The van der Waals surface area contributed by atoms with Gasteiger partial charge in [0.15, 0.2) is 0 Å². The minimum absolute atomic E-state index is 0.0150. The van der Waals surface area contributed by atoms with Crippen LogP contribution in [0.5, 0.6) is 0 Å². The molecule has 4 aromatic rings. The molecule has 0 saturated carbocycles. The number of carbonyl (C=O) groups is 1. The number of hydrogen-bond acceptors (Lipinski definition) is 5. The molecule has 8 nitrogen and oxygen atoms in total. The first-order chi connectivity index (χ1) is 13.3. The minimum atomic E-state index is -0.0240. The Morgan fingerprint density at radius 3 is 2.74 bits per heavy atom. The Labute approximate surface area is 154 Å². The predicted molar refractivity (Wildman–Crippen MR) is 98.3 cm³/mol. The lowest BCUT2D eigenvalue weighted by Gasteiger charge is -2.23. The van der Waals surface area contributed by atoms with Gasteiger partial charge in [-0.15, -0.1) is 5.10 Å². The van der Waals surface area contributed by atoms with E-state index in [-0.39, 0.29) is 11.9 Å². The van der Waals surface area contributed by atoms with Crippen LogP contribution in [0.2, 0.25) is 0 Å². The lowest BCUT2D eigenvalue weighted by molar-refractivity contribution is 0.0730. The molecule has 3 heterocycles. The molecule has 134 valence electrons. The summed E-state index contributed by atoms with van der Waals surface area (Å²) in [6.45, 7) is 0.731. The summed E-state index contributed by atoms with van der Waals surface area (Å²) in [6.07, 6.45) is 3.40. The molecule has 1 saturated heterocycles. The van der Waals surface area contributed by atoms with Crippen LogP contribution in [0.4, 0.5) is 0 Å². The maximum Gasteiger partial charge on any atom is 0.254 e. The van der Waals surface area contributed by atoms with E-state index in [9.17, 15) is 4.79 Å². The molecule has 1 fully saturated rings. The lowest BCUT2D eigenvalue weighted by Crippen LogP contribution is -2.31. The van der Waals surface area contributed by atoms with Crippen LogP contribution >= 0.6 is 0 Å². The molecule has 0 bridgehead atoms. The number of nitrogens with one attached hydrogen (secondary N) is 1. The zero-order chi connectivity index (χ0) is 18.2. The molecule has 0 radical (unpaired) electrons. The Morgan fingerprint density at radius 1 is 1.11 bits per heavy atom. The Balaban J connectivity index is 1.41. The molecule has 1 amide bonds. The number of imidazole rings is 1. The van der Waals surface area contributed by atoms with E-state index in [0.29, 0.717) is 5.56 Å². The highest BCUT2D eigenvalue weighted by molar-refractivity contribution is 5.95. The van der Waals surface area contributed by atoms with Gasteiger partial charge in [-0.2, -0.15) is 0 Å². The number of likely N-dealkylation sites (tertiary alicyclic amines) is 1. The van der Waals surface area contributed by atoms with Crippen LogP contribution in [-0.4, -0.2) is 47.5 Å². The van der Waals surface area contributed by atoms with Gasteiger partial charge < -0.3 is 9.88 Å². The number of para-hydroxylation sites is 2. The van der Waals surface area contributed by atoms with Crippen LogP contribution in [0, 0.1) is 0 Å². The number of carbonyl (C=O) groups excluding carboxylic acids is 1. The van der Waals surface area contributed by atoms with Crippen molar-refractivity contribution in [1.82, 2.24) is 35.1 Å². The monoisotopic (exact) mass is 359 g/mol. The maximum atomic E-state index is 13.1. The number of H-pyrrole nitrogens is 1. The fourth-order valence-corrected chi connectivity index (χ4v) is 3.63. The van der Waals surface area contributed by atoms with E-state index < -0.39 is 0 Å². The maximum absolute atomic E-state index is 13.1. The first kappa shape index (κ1) is 15.7. The topological polar surface area (TPSA) is 92.6 Å². The van der Waals surface area contributed by atoms with Gasteiger partial charge in [-0.05, 0) is 59.7 Å². The summed E-state index contributed by atoms with van der Waals surface area (Å²) >= 11 is 0. The van der Waals surface area contributed by atoms with Gasteiger partial charge in [-0.3, -0.25) is 4.79 Å². The summed E-state index contributed by atoms with van der Waals surface area (Å²) in [5.74, 6) is 0.869. The Morgan fingerprint density at radius 2 is 1.96 bits per heavy atom. The van der Waals surface area contributed by atoms with E-state index in [1.807, 2.05) is 53.4 Å². The molecular formula is C19H17N7O. The highest BCUT2D eigenvalue weighted by atomic mass is 16.2. The first-order valence-corrected chi connectivity index (χ1v) is 8.89. The van der Waals surface area contributed by atoms with Crippen molar-refractivity contribution in [3.05, 3.63) is 66.2 Å². The zero-order valence-electron chi connectivity index (χ0n) is 14.5. The number of benzene rings is 2. The summed E-state index contributed by atoms with van der Waals surface area (Å²) in [5, 5.41) is 11.1. The smallest absolute Gasteiger partial charge is 0.254 e. The molecule has 1 aliphatic heterocycles. The fraction of sp³-hybridized carbons (Fsp3) is 0.211. The fourth-order valence-electron chi connectivity index (χ4n) is 3.63. The highest BCUT2D eigenvalue weighted by Gasteiger charge is 2.32. The van der Waals surface area contributed by atoms with Gasteiger partial charge >= 0.3 is 0 Å². The summed E-state index contributed by atoms with van der Waals surface area (Å²) in [7, 11) is 0. The van der Waals surface area contributed by atoms with E-state index in [2.05, 4.69) is 20.5 Å². The van der Waals surface area contributed by atoms with Gasteiger partial charge in [-0.1, -0.05) is 12.1 Å². The molecule has 1 atom stereocenters. The van der Waals surface area contributed by atoms with Gasteiger partial charge in [0.2, 0.25) is 0 Å². The quantitative estimate of drug-likeness (QED) is 0.607. The van der Waals surface area contributed by atoms with Crippen molar-refractivity contribution < 1.29 is 4.79 Å². The molecule has 0 aliphatic carbocycles. The average Bonchev–Trinajstić information content (AvgIpc) is 3.47. The van der Waals surface area contributed by atoms with Gasteiger partial charge in [0, 0.05) is 12.1 Å². The van der Waals surface area contributed by atoms with Gasteiger partial charge in [0.05, 0.1) is 22.8 Å². The first-order valence-electron chi connectivity index (χ1n) is 8.89. The Kier molecular flexibility index (Phi) is 3.67. The second kappa shape index (κ2) is 6.31. The number of fused-ring (bicyclic) bond motifs is 1. The van der Waals surface area contributed by atoms with Crippen LogP contribution in [0.3, 0.4) is 0 Å². The molecule has 1 N–H and O–H groups in total. The van der Waals surface area contributed by atoms with Crippen molar-refractivity contribution in [1.29, 1.82) is 0 Å². The second-order valence-corrected chi connectivity index (χ2v) is 6.60. The minimum Gasteiger partial charge on any atom is -0.340 e. The van der Waals surface area contributed by atoms with E-state index in [1.165, 1.54) is 6.33 Å². The average molecular weight is 359 g/mol. The predicted octanol–water partition coefficient (Wildman–Crippen LogP) is 2.52. The van der Waals surface area contributed by atoms with Crippen LogP contribution in [0.25, 0.3) is 16.7 Å². The van der Waals surface area contributed by atoms with Crippen molar-refractivity contribution in [2.45, 2.75) is 18.9 Å². The normalized spacial score (nSPS) is 16.9. The molecule has 8 heteroatoms. The Bertz CT molecular complexity index is 1050. The Hall–Kier alpha value is -3.55. The zero-order valence-corrected chi connectivity index (χ0v) is 14.5. The van der Waals surface area contributed by atoms with Crippen molar-refractivity contribution in [2.24, 2.45) is 0 Å². The number of hydrogen-bond donors (Lipinski definition) is 1. The van der Waals surface area contributed by atoms with Crippen LogP contribution < -0.4 is 0 Å². The van der Waals surface area contributed by atoms with E-state index >= 15 is 0 Å². The van der Waals surface area contributed by atoms with Crippen LogP contribution in [0.15, 0.2) is 54.9 Å². The number of tetrazole rings is 1. The number of aromatic nitrogens is 6. The molecule has 0 unspecified atom stereocenters. The summed E-state index contributed by atoms with van der Waals surface area (Å²) in [5.41, 5.74) is 3.39. The molecular weight excluding hydrogens is 342 g/mol. The van der Waals surface area contributed by atoms with Crippen LogP contribution in [-0.2, 0) is 0 Å². The third-order valence-electron chi connectivity index (χ3n) is 4.96. The van der Waals surface area contributed by atoms with Crippen molar-refractivity contribution >= 4 is 16.9 Å². The van der Waals surface area contributed by atoms with Crippen molar-refractivity contribution in [2.75, 3.05) is 6.54 Å². The number of aromatic amines is 1. The summed E-state index contributed by atoms with van der Waals surface area (Å²) in [6, 6.07) is 15.2. The third kappa shape index (κ3) is 2.75. The molecule has 0 spiro atoms. The van der Waals surface area contributed by atoms with Crippen molar-refractivity contribution in [3.63, 3.8) is 0 Å². The van der Waals surface area contributed by atoms with Crippen molar-refractivity contribution in [3.8, 4) is 5.69 Å². The summed E-state index contributed by atoms with van der Waals surface area (Å²) < 4.78 is 1.56. The largest absolute Gasteiger partial charge is 0.340 e. The summed E-state index contributed by atoms with van der Waals surface area (Å²) in [4.78, 5) is 23.1. The standard InChI is InChI=1S/C19H17N7O/c27-19(13-7-9-14(10-8-13)26-12-20-23-24-26)25-11-3-6-17(25)18-21-15-4-1-2-5-16(15)22-18/h1-2,4-5,7-10,12,17H,3,6,11H2,(H,21,22)/t17-/m0/s1. The van der Waals surface area contributed by atoms with Gasteiger partial charge in [-0.25, -0.2) is 9.67 Å². The second-order valence-electron chi connectivity index (χ2n) is 6.60. The number of amides is 1. The van der Waals surface area contributed by atoms with Gasteiger partial charge in [0.25, 0.3) is 5.91 Å². The molecule has 27 heavy (non-hydrogen) atoms. The van der Waals surface area contributed by atoms with Gasteiger partial charge in [0.1, 0.15) is 12.2 Å². The molecule has 1 aliphatic rings. The highest BCUT2D eigenvalue weighted by Crippen LogP contribution is 2.32. The number of rotatable bonds is 3. The molecule has 5 rings (SSSR count). The van der Waals surface area contributed by atoms with E-state index in [1.54, 1.807) is 4.68 Å². The molecule has 2 aromatic carbocycles. The number of nitrogens with zero attached hydrogens (tertiary/aromatic N) is 6. The SMILES string of the molecule is O=C(c1ccc(-n2cnnn2)cc1)N1CCC[C@H]1c1nc2ccccc2[nH]1. The van der Waals surface area contributed by atoms with E-state index in [0.717, 1.165) is 41.9 Å². The third-order valence-corrected chi connectivity index (χ3v) is 4.96. The molecule has 2 aromatic heterocycles.